The molecular weight excluding hydrogens is 396 g/mol. The molecule has 2 amide bonds. The molecule has 0 radical (unpaired) electrons. The van der Waals surface area contributed by atoms with Crippen LogP contribution < -0.4 is 10.6 Å². The topological polar surface area (TPSA) is 132 Å². The monoisotopic (exact) mass is 426 g/mol. The lowest BCUT2D eigenvalue weighted by atomic mass is 10.1. The van der Waals surface area contributed by atoms with Crippen LogP contribution in [0.3, 0.4) is 0 Å². The largest absolute Gasteiger partial charge is 0.483 e. The summed E-state index contributed by atoms with van der Waals surface area (Å²) < 4.78 is 0. The molecule has 1 aromatic heterocycles. The molecule has 4 N–H and O–H groups in total. The molecule has 162 valence electrons. The zero-order chi connectivity index (χ0) is 21.2. The lowest BCUT2D eigenvalue weighted by Gasteiger charge is -2.30. The minimum absolute atomic E-state index is 0.00696. The van der Waals surface area contributed by atoms with E-state index in [9.17, 15) is 9.59 Å². The van der Waals surface area contributed by atoms with Gasteiger partial charge in [-0.05, 0) is 38.5 Å². The predicted octanol–water partition coefficient (Wildman–Crippen LogP) is 0.624. The van der Waals surface area contributed by atoms with Crippen molar-refractivity contribution in [3.8, 4) is 0 Å². The summed E-state index contributed by atoms with van der Waals surface area (Å²) in [5.41, 5.74) is 0.485. The molecule has 10 heteroatoms. The summed E-state index contributed by atoms with van der Waals surface area (Å²) in [6, 6.07) is 0.493. The number of carboxylic acid groups (broad SMARTS) is 1. The number of aliphatic hydroxyl groups excluding tert-OH is 1. The molecule has 2 aliphatic rings. The number of nitrogens with zero attached hydrogens (tertiary/aromatic N) is 2. The van der Waals surface area contributed by atoms with Crippen molar-refractivity contribution >= 4 is 29.6 Å². The number of amides is 2. The minimum atomic E-state index is -0.250. The highest BCUT2D eigenvalue weighted by Crippen LogP contribution is 2.35. The number of rotatable bonds is 9. The van der Waals surface area contributed by atoms with Gasteiger partial charge in [-0.25, -0.2) is 4.98 Å². The van der Waals surface area contributed by atoms with Gasteiger partial charge in [-0.1, -0.05) is 0 Å². The number of aliphatic hydroxyl groups is 1. The average Bonchev–Trinajstić information content (AvgIpc) is 3.29. The highest BCUT2D eigenvalue weighted by molar-refractivity contribution is 7.09. The van der Waals surface area contributed by atoms with Gasteiger partial charge < -0.3 is 20.8 Å². The molecule has 3 rings (SSSR count). The van der Waals surface area contributed by atoms with Gasteiger partial charge >= 0.3 is 0 Å². The zero-order valence-electron chi connectivity index (χ0n) is 16.7. The Morgan fingerprint density at radius 3 is 2.55 bits per heavy atom. The zero-order valence-corrected chi connectivity index (χ0v) is 17.5. The number of carbonyl (C=O) groups excluding carboxylic acids is 2. The molecule has 0 spiro atoms. The van der Waals surface area contributed by atoms with Gasteiger partial charge in [0.05, 0.1) is 11.6 Å². The van der Waals surface area contributed by atoms with Crippen LogP contribution in [0, 0.1) is 12.8 Å². The van der Waals surface area contributed by atoms with Crippen LogP contribution in [-0.4, -0.2) is 76.7 Å². The Bertz CT molecular complexity index is 679. The van der Waals surface area contributed by atoms with Crippen molar-refractivity contribution in [1.29, 1.82) is 0 Å². The summed E-state index contributed by atoms with van der Waals surface area (Å²) in [5, 5.41) is 24.2. The first-order chi connectivity index (χ1) is 14.0. The van der Waals surface area contributed by atoms with Crippen LogP contribution in [0.15, 0.2) is 5.38 Å². The fraction of sp³-hybridized carbons (Fsp3) is 0.684. The molecule has 1 aliphatic carbocycles. The third-order valence-corrected chi connectivity index (χ3v) is 5.92. The van der Waals surface area contributed by atoms with E-state index in [4.69, 9.17) is 15.0 Å². The van der Waals surface area contributed by atoms with Gasteiger partial charge in [-0.15, -0.1) is 11.3 Å². The quantitative estimate of drug-likeness (QED) is 0.426. The molecule has 9 nitrogen and oxygen atoms in total. The van der Waals surface area contributed by atoms with Crippen LogP contribution in [0.2, 0.25) is 0 Å². The predicted molar refractivity (Wildman–Crippen MR) is 109 cm³/mol. The maximum Gasteiger partial charge on any atom is 0.290 e. The van der Waals surface area contributed by atoms with E-state index < -0.39 is 0 Å². The number of hydrogen-bond donors (Lipinski definition) is 4. The molecule has 2 atom stereocenters. The van der Waals surface area contributed by atoms with Crippen molar-refractivity contribution in [3.63, 3.8) is 0 Å². The van der Waals surface area contributed by atoms with Gasteiger partial charge in [0.2, 0.25) is 5.91 Å². The number of aromatic nitrogens is 1. The van der Waals surface area contributed by atoms with Gasteiger partial charge in [0.1, 0.15) is 5.69 Å². The first-order valence-electron chi connectivity index (χ1n) is 9.90. The fourth-order valence-electron chi connectivity index (χ4n) is 3.60. The second-order valence-corrected chi connectivity index (χ2v) is 8.43. The smallest absolute Gasteiger partial charge is 0.290 e. The average molecular weight is 427 g/mol. The Morgan fingerprint density at radius 1 is 1.28 bits per heavy atom. The lowest BCUT2D eigenvalue weighted by Crippen LogP contribution is -2.45. The Hall–Kier alpha value is -2.04. The third kappa shape index (κ3) is 7.71. The van der Waals surface area contributed by atoms with E-state index in [1.54, 1.807) is 5.38 Å². The number of likely N-dealkylation sites (tertiary alicyclic amines) is 1. The van der Waals surface area contributed by atoms with E-state index >= 15 is 0 Å². The molecule has 1 saturated heterocycles. The summed E-state index contributed by atoms with van der Waals surface area (Å²) >= 11 is 1.48. The van der Waals surface area contributed by atoms with Crippen molar-refractivity contribution < 1.29 is 24.6 Å². The number of hydrogen-bond acceptors (Lipinski definition) is 7. The molecule has 0 unspecified atom stereocenters. The lowest BCUT2D eigenvalue weighted by molar-refractivity contribution is -0.123. The summed E-state index contributed by atoms with van der Waals surface area (Å²) in [7, 11) is 0. The Balaban J connectivity index is 0.000000941. The standard InChI is InChI=1S/C18H28N4O3S.CH2O2/c1-12-21-16(11-26-12)18(25)20-9-15-5-4-14(8-17(24)19-6-7-23)22(15)10-13-2-3-13;2-1-3/h11,13-15,23H,2-10H2,1H3,(H,19,24)(H,20,25);1H,(H,2,3)/t14-,15+;/m1./s1. The highest BCUT2D eigenvalue weighted by atomic mass is 32.1. The number of thiazole rings is 1. The van der Waals surface area contributed by atoms with E-state index in [1.807, 2.05) is 6.92 Å². The molecule has 1 aliphatic heterocycles. The summed E-state index contributed by atoms with van der Waals surface area (Å²) in [6.07, 6.45) is 4.94. The van der Waals surface area contributed by atoms with Crippen molar-refractivity contribution in [2.45, 2.75) is 51.1 Å². The molecule has 1 saturated carbocycles. The minimum Gasteiger partial charge on any atom is -0.483 e. The first kappa shape index (κ1) is 23.2. The van der Waals surface area contributed by atoms with Gasteiger partial charge in [0.15, 0.2) is 0 Å². The Kier molecular flexibility index (Phi) is 9.49. The van der Waals surface area contributed by atoms with E-state index in [0.29, 0.717) is 25.2 Å². The fourth-order valence-corrected chi connectivity index (χ4v) is 4.19. The van der Waals surface area contributed by atoms with Gasteiger partial charge in [0, 0.05) is 43.5 Å². The van der Waals surface area contributed by atoms with Gasteiger partial charge in [-0.2, -0.15) is 0 Å². The van der Waals surface area contributed by atoms with Gasteiger partial charge in [-0.3, -0.25) is 19.3 Å². The van der Waals surface area contributed by atoms with Crippen LogP contribution in [0.5, 0.6) is 0 Å². The second-order valence-electron chi connectivity index (χ2n) is 7.37. The molecule has 2 fully saturated rings. The van der Waals surface area contributed by atoms with Crippen molar-refractivity contribution in [1.82, 2.24) is 20.5 Å². The van der Waals surface area contributed by atoms with Crippen LogP contribution in [0.4, 0.5) is 0 Å². The van der Waals surface area contributed by atoms with Crippen molar-refractivity contribution in [3.05, 3.63) is 16.1 Å². The van der Waals surface area contributed by atoms with E-state index in [-0.39, 0.29) is 37.0 Å². The van der Waals surface area contributed by atoms with Crippen LogP contribution in [0.25, 0.3) is 0 Å². The Morgan fingerprint density at radius 2 is 1.97 bits per heavy atom. The summed E-state index contributed by atoms with van der Waals surface area (Å²) in [6.45, 7) is 3.51. The maximum atomic E-state index is 12.3. The van der Waals surface area contributed by atoms with E-state index in [2.05, 4.69) is 20.5 Å². The molecule has 2 heterocycles. The summed E-state index contributed by atoms with van der Waals surface area (Å²) in [5.74, 6) is 0.604. The normalized spacial score (nSPS) is 21.2. The molecule has 29 heavy (non-hydrogen) atoms. The van der Waals surface area contributed by atoms with Crippen molar-refractivity contribution in [2.24, 2.45) is 5.92 Å². The number of aryl methyl sites for hydroxylation is 1. The molecule has 0 aromatic carbocycles. The number of carbonyl (C=O) groups is 3. The SMILES string of the molecule is Cc1nc(C(=O)NC[C@@H]2CC[C@H](CC(=O)NCCO)N2CC2CC2)cs1.O=CO. The van der Waals surface area contributed by atoms with Crippen LogP contribution in [0.1, 0.15) is 47.6 Å². The number of nitrogens with one attached hydrogen (secondary N) is 2. The molecule has 0 bridgehead atoms. The van der Waals surface area contributed by atoms with Crippen LogP contribution in [-0.2, 0) is 9.59 Å². The molecule has 1 aromatic rings. The Labute approximate surface area is 174 Å². The first-order valence-corrected chi connectivity index (χ1v) is 10.8. The van der Waals surface area contributed by atoms with E-state index in [1.165, 1.54) is 24.2 Å². The van der Waals surface area contributed by atoms with Gasteiger partial charge in [0.25, 0.3) is 12.4 Å². The highest BCUT2D eigenvalue weighted by Gasteiger charge is 2.38. The van der Waals surface area contributed by atoms with E-state index in [0.717, 1.165) is 30.3 Å². The summed E-state index contributed by atoms with van der Waals surface area (Å²) in [4.78, 5) is 39.3. The van der Waals surface area contributed by atoms with Crippen LogP contribution >= 0.6 is 11.3 Å². The third-order valence-electron chi connectivity index (χ3n) is 5.14. The maximum absolute atomic E-state index is 12.3. The van der Waals surface area contributed by atoms with Crippen molar-refractivity contribution in [2.75, 3.05) is 26.2 Å². The second kappa shape index (κ2) is 11.8. The molecular formula is C19H30N4O5S.